The first kappa shape index (κ1) is 25.8. The molecule has 3 aromatic rings. The molecule has 12 heteroatoms. The van der Waals surface area contributed by atoms with Gasteiger partial charge in [0, 0.05) is 43.6 Å². The van der Waals surface area contributed by atoms with Crippen LogP contribution in [0.1, 0.15) is 20.3 Å². The number of hydrogen-bond donors (Lipinski definition) is 3. The molecule has 0 radical (unpaired) electrons. The minimum absolute atomic E-state index is 0.221. The van der Waals surface area contributed by atoms with E-state index < -0.39 is 11.6 Å². The van der Waals surface area contributed by atoms with Crippen LogP contribution < -0.4 is 15.4 Å². The van der Waals surface area contributed by atoms with E-state index in [1.54, 1.807) is 31.4 Å². The number of nitrogens with one attached hydrogen (secondary N) is 2. The highest BCUT2D eigenvalue weighted by Crippen LogP contribution is 2.37. The smallest absolute Gasteiger partial charge is 0.325 e. The maximum absolute atomic E-state index is 12.1. The number of rotatable bonds is 9. The van der Waals surface area contributed by atoms with Crippen molar-refractivity contribution in [2.24, 2.45) is 0 Å². The Bertz CT molecular complexity index is 1330. The lowest BCUT2D eigenvalue weighted by Crippen LogP contribution is -2.46. The summed E-state index contributed by atoms with van der Waals surface area (Å²) in [6.07, 6.45) is 2.31. The number of halogens is 1. The average molecular weight is 590 g/mol. The monoisotopic (exact) mass is 588 g/mol. The molecule has 10 nitrogen and oxygen atoms in total. The number of benzene rings is 1. The van der Waals surface area contributed by atoms with Crippen LogP contribution in [0.15, 0.2) is 34.9 Å². The number of β-amino-alcohol motifs (C(OH)–C–C–N with tert-alkyl or cyclic N) is 1. The Hall–Kier alpha value is -2.80. The van der Waals surface area contributed by atoms with Crippen LogP contribution >= 0.6 is 27.3 Å². The molecule has 0 spiro atoms. The van der Waals surface area contributed by atoms with E-state index in [9.17, 15) is 14.7 Å². The fourth-order valence-electron chi connectivity index (χ4n) is 4.52. The number of carbonyl (C=O) groups is 2. The van der Waals surface area contributed by atoms with Crippen LogP contribution in [0.3, 0.4) is 0 Å². The molecule has 2 fully saturated rings. The second kappa shape index (κ2) is 10.5. The molecule has 0 aliphatic carbocycles. The third-order valence-electron chi connectivity index (χ3n) is 6.70. The number of anilines is 1. The van der Waals surface area contributed by atoms with Crippen molar-refractivity contribution >= 4 is 55.2 Å². The van der Waals surface area contributed by atoms with Crippen molar-refractivity contribution in [3.63, 3.8) is 0 Å². The zero-order valence-corrected chi connectivity index (χ0v) is 23.1. The standard InChI is InChI=1S/C25H29BrN6O4S/c1-25(2)22(34)30-24(35)32(25)8-6-27-23-28-13-18(26)21(29-23)20-12-15-11-17(3-4-19(15)37-20)36-10-9-31-7-5-16(33)14-31/h3-4,11-13,16,33H,5-10,14H2,1-2H3,(H,27,28,29)(H,30,34,35). The van der Waals surface area contributed by atoms with Crippen LogP contribution in [0, 0.1) is 0 Å². The lowest BCUT2D eigenvalue weighted by molar-refractivity contribution is -0.125. The Morgan fingerprint density at radius 2 is 2.14 bits per heavy atom. The van der Waals surface area contributed by atoms with Crippen molar-refractivity contribution in [3.05, 3.63) is 34.9 Å². The van der Waals surface area contributed by atoms with Crippen molar-refractivity contribution in [1.29, 1.82) is 0 Å². The zero-order chi connectivity index (χ0) is 26.2. The van der Waals surface area contributed by atoms with Crippen molar-refractivity contribution in [2.75, 3.05) is 44.6 Å². The highest BCUT2D eigenvalue weighted by molar-refractivity contribution is 9.10. The second-order valence-corrected chi connectivity index (χ2v) is 11.6. The van der Waals surface area contributed by atoms with Gasteiger partial charge in [0.2, 0.25) is 5.95 Å². The average Bonchev–Trinajstić information content (AvgIpc) is 3.52. The summed E-state index contributed by atoms with van der Waals surface area (Å²) in [6.45, 7) is 7.17. The van der Waals surface area contributed by atoms with E-state index in [0.29, 0.717) is 32.2 Å². The van der Waals surface area contributed by atoms with Crippen molar-refractivity contribution < 1.29 is 19.4 Å². The maximum atomic E-state index is 12.1. The van der Waals surface area contributed by atoms with Crippen LogP contribution in [-0.2, 0) is 4.79 Å². The Kier molecular flexibility index (Phi) is 7.35. The third kappa shape index (κ3) is 5.57. The first-order chi connectivity index (χ1) is 17.7. The topological polar surface area (TPSA) is 120 Å². The van der Waals surface area contributed by atoms with Crippen LogP contribution in [0.4, 0.5) is 10.7 Å². The maximum Gasteiger partial charge on any atom is 0.325 e. The zero-order valence-electron chi connectivity index (χ0n) is 20.7. The number of ether oxygens (including phenoxy) is 1. The lowest BCUT2D eigenvalue weighted by Gasteiger charge is -2.27. The van der Waals surface area contributed by atoms with Gasteiger partial charge in [-0.1, -0.05) is 0 Å². The Balaban J connectivity index is 1.23. The Morgan fingerprint density at radius 3 is 2.86 bits per heavy atom. The molecule has 2 aliphatic rings. The number of fused-ring (bicyclic) bond motifs is 1. The SMILES string of the molecule is CC1(C)C(=O)NC(=O)N1CCNc1ncc(Br)c(-c2cc3cc(OCCN4CCC(O)C4)ccc3s2)n1. The van der Waals surface area contributed by atoms with Crippen molar-refractivity contribution in [3.8, 4) is 16.3 Å². The number of nitrogens with zero attached hydrogens (tertiary/aromatic N) is 4. The molecule has 196 valence electrons. The molecule has 1 unspecified atom stereocenters. The first-order valence-corrected chi connectivity index (χ1v) is 13.8. The van der Waals surface area contributed by atoms with Gasteiger partial charge in [-0.3, -0.25) is 15.0 Å². The molecule has 1 aromatic carbocycles. The van der Waals surface area contributed by atoms with Crippen LogP contribution in [-0.4, -0.2) is 87.8 Å². The fraction of sp³-hybridized carbons (Fsp3) is 0.440. The summed E-state index contributed by atoms with van der Waals surface area (Å²) < 4.78 is 7.87. The molecule has 0 bridgehead atoms. The van der Waals surface area contributed by atoms with E-state index in [0.717, 1.165) is 50.4 Å². The first-order valence-electron chi connectivity index (χ1n) is 12.2. The predicted octanol–water partition coefficient (Wildman–Crippen LogP) is 3.31. The number of amides is 3. The van der Waals surface area contributed by atoms with Gasteiger partial charge in [-0.25, -0.2) is 14.8 Å². The van der Waals surface area contributed by atoms with Gasteiger partial charge in [-0.2, -0.15) is 0 Å². The van der Waals surface area contributed by atoms with E-state index in [4.69, 9.17) is 9.72 Å². The third-order valence-corrected chi connectivity index (χ3v) is 8.41. The normalized spacial score (nSPS) is 19.6. The van der Waals surface area contributed by atoms with Gasteiger partial charge < -0.3 is 20.1 Å². The number of aliphatic hydroxyl groups is 1. The number of imide groups is 1. The molecule has 1 atom stereocenters. The molecule has 3 N–H and O–H groups in total. The molecule has 0 saturated carbocycles. The summed E-state index contributed by atoms with van der Waals surface area (Å²) in [5, 5.41) is 16.2. The van der Waals surface area contributed by atoms with E-state index in [2.05, 4.69) is 48.6 Å². The summed E-state index contributed by atoms with van der Waals surface area (Å²) in [7, 11) is 0. The highest BCUT2D eigenvalue weighted by atomic mass is 79.9. The van der Waals surface area contributed by atoms with Gasteiger partial charge in [-0.15, -0.1) is 11.3 Å². The Morgan fingerprint density at radius 1 is 1.30 bits per heavy atom. The summed E-state index contributed by atoms with van der Waals surface area (Å²) >= 11 is 5.20. The minimum Gasteiger partial charge on any atom is -0.492 e. The number of hydrogen-bond acceptors (Lipinski definition) is 9. The summed E-state index contributed by atoms with van der Waals surface area (Å²) in [4.78, 5) is 37.8. The number of thiophene rings is 1. The molecule has 37 heavy (non-hydrogen) atoms. The van der Waals surface area contributed by atoms with Gasteiger partial charge >= 0.3 is 6.03 Å². The molecule has 4 heterocycles. The quantitative estimate of drug-likeness (QED) is 0.326. The van der Waals surface area contributed by atoms with Crippen molar-refractivity contribution in [1.82, 2.24) is 25.1 Å². The lowest BCUT2D eigenvalue weighted by atomic mass is 10.0. The molecule has 2 aliphatic heterocycles. The van der Waals surface area contributed by atoms with Gasteiger partial charge in [-0.05, 0) is 65.8 Å². The molecular formula is C25H29BrN6O4S. The van der Waals surface area contributed by atoms with Gasteiger partial charge in [0.05, 0.1) is 15.5 Å². The summed E-state index contributed by atoms with van der Waals surface area (Å²) in [6, 6.07) is 7.76. The molecular weight excluding hydrogens is 560 g/mol. The molecule has 5 rings (SSSR count). The van der Waals surface area contributed by atoms with Gasteiger partial charge in [0.15, 0.2) is 0 Å². The van der Waals surface area contributed by atoms with E-state index in [1.165, 1.54) is 4.90 Å². The number of aliphatic hydroxyl groups excluding tert-OH is 1. The minimum atomic E-state index is -0.888. The fourth-order valence-corrected chi connectivity index (χ4v) is 6.10. The van der Waals surface area contributed by atoms with Crippen LogP contribution in [0.25, 0.3) is 20.7 Å². The second-order valence-electron chi connectivity index (χ2n) is 9.69. The highest BCUT2D eigenvalue weighted by Gasteiger charge is 2.45. The number of urea groups is 1. The summed E-state index contributed by atoms with van der Waals surface area (Å²) in [5.41, 5.74) is -0.121. The Labute approximate surface area is 227 Å². The van der Waals surface area contributed by atoms with Gasteiger partial charge in [0.1, 0.15) is 23.6 Å². The van der Waals surface area contributed by atoms with E-state index in [1.807, 2.05) is 12.1 Å². The summed E-state index contributed by atoms with van der Waals surface area (Å²) in [5.74, 6) is 0.952. The number of carbonyl (C=O) groups excluding carboxylic acids is 2. The van der Waals surface area contributed by atoms with E-state index in [-0.39, 0.29) is 12.0 Å². The number of likely N-dealkylation sites (tertiary alicyclic amines) is 1. The van der Waals surface area contributed by atoms with Crippen LogP contribution in [0.5, 0.6) is 5.75 Å². The van der Waals surface area contributed by atoms with Gasteiger partial charge in [0.25, 0.3) is 5.91 Å². The largest absolute Gasteiger partial charge is 0.492 e. The van der Waals surface area contributed by atoms with Crippen molar-refractivity contribution in [2.45, 2.75) is 31.9 Å². The molecule has 2 saturated heterocycles. The van der Waals surface area contributed by atoms with E-state index >= 15 is 0 Å². The number of aromatic nitrogens is 2. The van der Waals surface area contributed by atoms with Crippen LogP contribution in [0.2, 0.25) is 0 Å². The predicted molar refractivity (Wildman–Crippen MR) is 146 cm³/mol. The molecule has 2 aromatic heterocycles. The molecule has 3 amide bonds.